The minimum Gasteiger partial charge on any atom is -0.379 e. The Morgan fingerprint density at radius 3 is 2.57 bits per heavy atom. The Kier molecular flexibility index (Phi) is 8.38. The summed E-state index contributed by atoms with van der Waals surface area (Å²) < 4.78 is 85.4. The molecule has 2 aliphatic heterocycles. The summed E-state index contributed by atoms with van der Waals surface area (Å²) in [5.74, 6) is 0.369. The van der Waals surface area contributed by atoms with Crippen molar-refractivity contribution in [2.45, 2.75) is 63.2 Å². The van der Waals surface area contributed by atoms with Crippen LogP contribution in [0.5, 0.6) is 0 Å². The topological polar surface area (TPSA) is 107 Å². The Bertz CT molecular complexity index is 1350. The average Bonchev–Trinajstić information content (AvgIpc) is 3.76. The molecule has 42 heavy (non-hydrogen) atoms. The van der Waals surface area contributed by atoms with Crippen molar-refractivity contribution in [3.8, 4) is 0 Å². The molecule has 2 aromatic heterocycles. The van der Waals surface area contributed by atoms with Gasteiger partial charge in [0.25, 0.3) is 5.56 Å². The van der Waals surface area contributed by atoms with Gasteiger partial charge in [0.2, 0.25) is 5.91 Å². The molecule has 1 saturated carbocycles. The van der Waals surface area contributed by atoms with Crippen molar-refractivity contribution in [1.29, 1.82) is 0 Å². The minimum atomic E-state index is -4.87. The van der Waals surface area contributed by atoms with Crippen molar-refractivity contribution in [2.75, 3.05) is 49.6 Å². The van der Waals surface area contributed by atoms with Crippen molar-refractivity contribution in [1.82, 2.24) is 25.0 Å². The summed E-state index contributed by atoms with van der Waals surface area (Å²) >= 11 is 0. The normalized spacial score (nSPS) is 20.5. The highest BCUT2D eigenvalue weighted by molar-refractivity contribution is 5.76. The second kappa shape index (κ2) is 11.7. The zero-order valence-corrected chi connectivity index (χ0v) is 22.8. The smallest absolute Gasteiger partial charge is 0.379 e. The minimum absolute atomic E-state index is 0.0213. The average molecular weight is 604 g/mol. The van der Waals surface area contributed by atoms with Crippen LogP contribution in [0, 0.1) is 0 Å². The van der Waals surface area contributed by atoms with Gasteiger partial charge >= 0.3 is 12.4 Å². The van der Waals surface area contributed by atoms with Gasteiger partial charge in [0.1, 0.15) is 11.4 Å². The molecule has 0 bridgehead atoms. The number of anilines is 2. The number of aromatic nitrogens is 3. The molecule has 2 aromatic rings. The Morgan fingerprint density at radius 1 is 1.12 bits per heavy atom. The number of halogens is 6. The zero-order valence-electron chi connectivity index (χ0n) is 22.8. The highest BCUT2D eigenvalue weighted by atomic mass is 19.4. The summed E-state index contributed by atoms with van der Waals surface area (Å²) in [6.07, 6.45) is -5.59. The monoisotopic (exact) mass is 603 g/mol. The van der Waals surface area contributed by atoms with Crippen LogP contribution in [0.1, 0.15) is 42.9 Å². The van der Waals surface area contributed by atoms with E-state index in [4.69, 9.17) is 4.74 Å². The van der Waals surface area contributed by atoms with Crippen molar-refractivity contribution in [3.05, 3.63) is 45.5 Å². The number of alkyl halides is 6. The Balaban J connectivity index is 1.15. The van der Waals surface area contributed by atoms with Gasteiger partial charge in [0.15, 0.2) is 0 Å². The fourth-order valence-electron chi connectivity index (χ4n) is 5.50. The molecular weight excluding hydrogens is 572 g/mol. The van der Waals surface area contributed by atoms with Crippen LogP contribution in [0.4, 0.5) is 37.8 Å². The first kappa shape index (κ1) is 30.1. The summed E-state index contributed by atoms with van der Waals surface area (Å²) in [6, 6.07) is 0.739. The van der Waals surface area contributed by atoms with Gasteiger partial charge in [-0.2, -0.15) is 31.4 Å². The Morgan fingerprint density at radius 2 is 1.88 bits per heavy atom. The van der Waals surface area contributed by atoms with E-state index in [1.54, 1.807) is 16.9 Å². The molecule has 2 fully saturated rings. The number of fused-ring (bicyclic) bond motifs is 3. The third-order valence-corrected chi connectivity index (χ3v) is 7.63. The molecule has 0 unspecified atom stereocenters. The van der Waals surface area contributed by atoms with Crippen LogP contribution in [0.3, 0.4) is 0 Å². The van der Waals surface area contributed by atoms with Crippen molar-refractivity contribution >= 4 is 17.4 Å². The van der Waals surface area contributed by atoms with E-state index < -0.39 is 40.8 Å². The molecule has 10 nitrogen and oxygen atoms in total. The van der Waals surface area contributed by atoms with Crippen molar-refractivity contribution < 1.29 is 35.9 Å². The maximum Gasteiger partial charge on any atom is 0.423 e. The molecule has 1 aliphatic carbocycles. The van der Waals surface area contributed by atoms with Gasteiger partial charge in [0, 0.05) is 56.6 Å². The number of pyridine rings is 1. The van der Waals surface area contributed by atoms with Gasteiger partial charge < -0.3 is 19.9 Å². The summed E-state index contributed by atoms with van der Waals surface area (Å²) in [5.41, 5.74) is -3.44. The van der Waals surface area contributed by atoms with Gasteiger partial charge in [-0.25, -0.2) is 10.1 Å². The van der Waals surface area contributed by atoms with Crippen LogP contribution >= 0.6 is 0 Å². The highest BCUT2D eigenvalue weighted by Crippen LogP contribution is 2.38. The first-order valence-electron chi connectivity index (χ1n) is 13.6. The maximum atomic E-state index is 13.4. The van der Waals surface area contributed by atoms with Gasteiger partial charge in [0.05, 0.1) is 43.1 Å². The molecule has 0 spiro atoms. The standard InChI is InChI=1S/C26H31F6N7O3/c1-15(35-20-10-34-36-24(41)22(20)26(30,31)32)14-42-7-4-21(40)37-5-6-39-19(12-37)13-38(18-2-3-18)11-16-8-17(25(27,28)29)9-33-23(16)39/h8-10,15,18-19H,2-7,11-14H2,1H3,(H2,35,36,41)/t15-,19+/m0/s1. The number of amides is 1. The third-order valence-electron chi connectivity index (χ3n) is 7.63. The predicted octanol–water partition coefficient (Wildman–Crippen LogP) is 3.11. The maximum absolute atomic E-state index is 13.4. The lowest BCUT2D eigenvalue weighted by molar-refractivity contribution is -0.138. The summed E-state index contributed by atoms with van der Waals surface area (Å²) in [5, 5.41) is 7.77. The molecule has 4 heterocycles. The second-order valence-electron chi connectivity index (χ2n) is 10.9. The number of nitrogens with zero attached hydrogens (tertiary/aromatic N) is 5. The zero-order chi connectivity index (χ0) is 30.2. The fraction of sp³-hybridized carbons (Fsp3) is 0.615. The number of ether oxygens (including phenoxy) is 1. The summed E-state index contributed by atoms with van der Waals surface area (Å²) in [7, 11) is 0. The van der Waals surface area contributed by atoms with Gasteiger partial charge in [-0.05, 0) is 25.8 Å². The molecule has 5 rings (SSSR count). The molecule has 2 N–H and O–H groups in total. The van der Waals surface area contributed by atoms with Crippen LogP contribution < -0.4 is 15.8 Å². The number of aromatic amines is 1. The van der Waals surface area contributed by atoms with E-state index in [2.05, 4.69) is 20.3 Å². The molecule has 2 atom stereocenters. The van der Waals surface area contributed by atoms with E-state index >= 15 is 0 Å². The van der Waals surface area contributed by atoms with E-state index in [1.807, 2.05) is 4.90 Å². The van der Waals surface area contributed by atoms with Crippen LogP contribution in [0.2, 0.25) is 0 Å². The number of nitrogens with one attached hydrogen (secondary N) is 2. The molecule has 0 radical (unpaired) electrons. The van der Waals surface area contributed by atoms with E-state index in [1.165, 1.54) is 6.07 Å². The van der Waals surface area contributed by atoms with Crippen LogP contribution in [0.15, 0.2) is 23.3 Å². The number of piperazine rings is 1. The molecule has 3 aliphatic rings. The largest absolute Gasteiger partial charge is 0.423 e. The van der Waals surface area contributed by atoms with Gasteiger partial charge in [-0.15, -0.1) is 0 Å². The first-order valence-corrected chi connectivity index (χ1v) is 13.6. The van der Waals surface area contributed by atoms with E-state index in [-0.39, 0.29) is 31.6 Å². The molecule has 1 amide bonds. The Hall–Kier alpha value is -3.40. The predicted molar refractivity (Wildman–Crippen MR) is 139 cm³/mol. The van der Waals surface area contributed by atoms with Crippen molar-refractivity contribution in [2.24, 2.45) is 0 Å². The number of hydrogen-bond acceptors (Lipinski definition) is 8. The lowest BCUT2D eigenvalue weighted by Crippen LogP contribution is -2.58. The SMILES string of the molecule is C[C@@H](COCCC(=O)N1CCN2c3ncc(C(F)(F)F)cc3CN(C3CC3)C[C@H]2C1)Nc1cn[nH]c(=O)c1C(F)(F)F. The van der Waals surface area contributed by atoms with Gasteiger partial charge in [-0.3, -0.25) is 14.5 Å². The van der Waals surface area contributed by atoms with Gasteiger partial charge in [-0.1, -0.05) is 0 Å². The van der Waals surface area contributed by atoms with Crippen LogP contribution in [-0.4, -0.2) is 88.4 Å². The number of carbonyl (C=O) groups is 1. The molecule has 16 heteroatoms. The third kappa shape index (κ3) is 6.80. The van der Waals surface area contributed by atoms with E-state index in [0.717, 1.165) is 25.2 Å². The molecular formula is C26H31F6N7O3. The molecule has 1 saturated heterocycles. The van der Waals surface area contributed by atoms with E-state index in [9.17, 15) is 35.9 Å². The number of rotatable bonds is 8. The summed E-state index contributed by atoms with van der Waals surface area (Å²) in [4.78, 5) is 34.7. The quantitative estimate of drug-likeness (QED) is 0.351. The Labute approximate surface area is 237 Å². The first-order chi connectivity index (χ1) is 19.8. The molecule has 0 aromatic carbocycles. The van der Waals surface area contributed by atoms with Crippen molar-refractivity contribution in [3.63, 3.8) is 0 Å². The number of hydrogen-bond donors (Lipinski definition) is 2. The number of carbonyl (C=O) groups excluding carboxylic acids is 1. The lowest BCUT2D eigenvalue weighted by atomic mass is 10.1. The molecule has 230 valence electrons. The lowest BCUT2D eigenvalue weighted by Gasteiger charge is -2.42. The van der Waals surface area contributed by atoms with E-state index in [0.29, 0.717) is 50.1 Å². The highest BCUT2D eigenvalue weighted by Gasteiger charge is 2.41. The fourth-order valence-corrected chi connectivity index (χ4v) is 5.50. The van der Waals surface area contributed by atoms with Crippen LogP contribution in [-0.2, 0) is 28.4 Å². The van der Waals surface area contributed by atoms with Crippen LogP contribution in [0.25, 0.3) is 0 Å². The summed E-state index contributed by atoms with van der Waals surface area (Å²) in [6.45, 7) is 3.74. The number of H-pyrrole nitrogens is 1. The second-order valence-corrected chi connectivity index (χ2v) is 10.9.